The van der Waals surface area contributed by atoms with Gasteiger partial charge in [0.15, 0.2) is 11.6 Å². The highest BCUT2D eigenvalue weighted by Gasteiger charge is 2.19. The zero-order valence-electron chi connectivity index (χ0n) is 17.1. The normalized spacial score (nSPS) is 15.8. The third kappa shape index (κ3) is 4.76. The van der Waals surface area contributed by atoms with Gasteiger partial charge in [-0.3, -0.25) is 10.00 Å². The predicted octanol–water partition coefficient (Wildman–Crippen LogP) is 0.868. The van der Waals surface area contributed by atoms with E-state index < -0.39 is 6.10 Å². The van der Waals surface area contributed by atoms with E-state index in [4.69, 9.17) is 11.5 Å². The molecule has 0 bridgehead atoms. The molecule has 2 aromatic heterocycles. The highest BCUT2D eigenvalue weighted by Crippen LogP contribution is 2.24. The Balaban J connectivity index is 1.37. The first-order valence-corrected chi connectivity index (χ1v) is 10.1. The number of rotatable bonds is 8. The number of H-pyrrole nitrogens is 1. The summed E-state index contributed by atoms with van der Waals surface area (Å²) in [7, 11) is 0. The Bertz CT molecular complexity index is 1090. The minimum Gasteiger partial charge on any atom is -0.405 e. The Morgan fingerprint density at radius 2 is 2.06 bits per heavy atom. The summed E-state index contributed by atoms with van der Waals surface area (Å²) >= 11 is 0. The van der Waals surface area contributed by atoms with Gasteiger partial charge in [-0.05, 0) is 29.8 Å². The summed E-state index contributed by atoms with van der Waals surface area (Å²) < 4.78 is 0. The number of allylic oxidation sites excluding steroid dienone is 1. The first kappa shape index (κ1) is 20.6. The summed E-state index contributed by atoms with van der Waals surface area (Å²) in [4.78, 5) is 10.8. The van der Waals surface area contributed by atoms with Crippen molar-refractivity contribution in [2.24, 2.45) is 11.5 Å². The van der Waals surface area contributed by atoms with Gasteiger partial charge in [0.25, 0.3) is 0 Å². The lowest BCUT2D eigenvalue weighted by atomic mass is 10.00. The SMILES string of the molecule is N/C=C\C(=C/N)Nc1ncnc2c(NCC(O)CN3CCc4ccccc4C3)n[nH]c12. The Morgan fingerprint density at radius 1 is 1.23 bits per heavy atom. The van der Waals surface area contributed by atoms with Gasteiger partial charge >= 0.3 is 0 Å². The van der Waals surface area contributed by atoms with Crippen LogP contribution in [0.25, 0.3) is 11.0 Å². The molecule has 0 saturated carbocycles. The highest BCUT2D eigenvalue weighted by atomic mass is 16.3. The fraction of sp³-hybridized carbons (Fsp3) is 0.286. The number of aromatic nitrogens is 4. The summed E-state index contributed by atoms with van der Waals surface area (Å²) in [6.45, 7) is 2.74. The van der Waals surface area contributed by atoms with Crippen LogP contribution in [0.4, 0.5) is 11.6 Å². The molecule has 1 aromatic carbocycles. The number of β-amino-alcohol motifs (C(OH)–C–C–N with tert-alkyl or cyclic N) is 1. The van der Waals surface area contributed by atoms with Gasteiger partial charge in [-0.25, -0.2) is 9.97 Å². The van der Waals surface area contributed by atoms with Crippen LogP contribution in [0.5, 0.6) is 0 Å². The number of aromatic amines is 1. The summed E-state index contributed by atoms with van der Waals surface area (Å²) in [5.41, 5.74) is 15.6. The maximum atomic E-state index is 10.6. The summed E-state index contributed by atoms with van der Waals surface area (Å²) in [5.74, 6) is 1.07. The lowest BCUT2D eigenvalue weighted by Crippen LogP contribution is -2.39. The van der Waals surface area contributed by atoms with Crippen LogP contribution in [0.15, 0.2) is 54.8 Å². The molecule has 0 radical (unpaired) electrons. The van der Waals surface area contributed by atoms with Gasteiger partial charge in [0, 0.05) is 32.4 Å². The molecule has 31 heavy (non-hydrogen) atoms. The van der Waals surface area contributed by atoms with Crippen LogP contribution in [-0.2, 0) is 13.0 Å². The zero-order valence-corrected chi connectivity index (χ0v) is 17.1. The molecule has 3 aromatic rings. The molecule has 0 amide bonds. The Hall–Kier alpha value is -3.63. The average molecular weight is 422 g/mol. The third-order valence-electron chi connectivity index (χ3n) is 5.25. The van der Waals surface area contributed by atoms with Crippen LogP contribution in [0.3, 0.4) is 0 Å². The van der Waals surface area contributed by atoms with Crippen molar-refractivity contribution in [2.45, 2.75) is 19.1 Å². The van der Waals surface area contributed by atoms with E-state index in [2.05, 4.69) is 60.0 Å². The van der Waals surface area contributed by atoms with E-state index in [0.717, 1.165) is 19.5 Å². The van der Waals surface area contributed by atoms with Gasteiger partial charge in [0.2, 0.25) is 0 Å². The predicted molar refractivity (Wildman–Crippen MR) is 121 cm³/mol. The minimum absolute atomic E-state index is 0.356. The van der Waals surface area contributed by atoms with E-state index in [1.807, 2.05) is 0 Å². The number of anilines is 2. The topological polar surface area (TPSA) is 154 Å². The molecule has 0 fully saturated rings. The third-order valence-corrected chi connectivity index (χ3v) is 5.25. The molecule has 0 saturated heterocycles. The highest BCUT2D eigenvalue weighted by molar-refractivity contribution is 5.93. The number of nitrogens with one attached hydrogen (secondary N) is 3. The van der Waals surface area contributed by atoms with E-state index in [9.17, 15) is 5.11 Å². The van der Waals surface area contributed by atoms with E-state index in [1.165, 1.54) is 29.9 Å². The van der Waals surface area contributed by atoms with E-state index in [-0.39, 0.29) is 0 Å². The molecule has 10 nitrogen and oxygen atoms in total. The molecule has 1 unspecified atom stereocenters. The van der Waals surface area contributed by atoms with Crippen molar-refractivity contribution in [3.8, 4) is 0 Å². The Kier molecular flexibility index (Phi) is 6.29. The molecule has 1 aliphatic rings. The summed E-state index contributed by atoms with van der Waals surface area (Å²) in [6, 6.07) is 8.47. The maximum Gasteiger partial charge on any atom is 0.174 e. The van der Waals surface area contributed by atoms with Crippen LogP contribution < -0.4 is 22.1 Å². The molecule has 8 N–H and O–H groups in total. The lowest BCUT2D eigenvalue weighted by molar-refractivity contribution is 0.114. The number of hydrogen-bond acceptors (Lipinski definition) is 9. The van der Waals surface area contributed by atoms with Crippen LogP contribution in [-0.4, -0.2) is 55.9 Å². The largest absolute Gasteiger partial charge is 0.405 e. The number of aliphatic hydroxyl groups excluding tert-OH is 1. The molecule has 162 valence electrons. The van der Waals surface area contributed by atoms with Crippen LogP contribution in [0.2, 0.25) is 0 Å². The van der Waals surface area contributed by atoms with Crippen molar-refractivity contribution in [3.63, 3.8) is 0 Å². The van der Waals surface area contributed by atoms with Crippen LogP contribution >= 0.6 is 0 Å². The zero-order chi connectivity index (χ0) is 21.6. The molecular formula is C21H27N9O. The van der Waals surface area contributed by atoms with E-state index >= 15 is 0 Å². The molecule has 3 heterocycles. The number of hydrogen-bond donors (Lipinski definition) is 6. The van der Waals surface area contributed by atoms with Crippen LogP contribution in [0.1, 0.15) is 11.1 Å². The summed E-state index contributed by atoms with van der Waals surface area (Å²) in [5, 5.41) is 24.0. The molecule has 1 atom stereocenters. The van der Waals surface area contributed by atoms with Crippen molar-refractivity contribution in [1.29, 1.82) is 0 Å². The summed E-state index contributed by atoms with van der Waals surface area (Å²) in [6.07, 6.45) is 6.30. The Morgan fingerprint density at radius 3 is 2.87 bits per heavy atom. The monoisotopic (exact) mass is 421 g/mol. The minimum atomic E-state index is -0.544. The molecule has 0 spiro atoms. The fourth-order valence-corrected chi connectivity index (χ4v) is 3.72. The molecule has 0 aliphatic carbocycles. The molecule has 4 rings (SSSR count). The second kappa shape index (κ2) is 9.45. The first-order valence-electron chi connectivity index (χ1n) is 10.1. The standard InChI is InChI=1S/C21H27N9O/c22-7-5-16(9-23)27-20-19-18(25-13-26-20)21(29-28-19)24-10-17(31)12-30-8-6-14-3-1-2-4-15(14)11-30/h1-5,7,9,13,17,31H,6,8,10-12,22-23H2,(H2,24,28,29)(H,25,26,27)/b7-5-,16-9+. The lowest BCUT2D eigenvalue weighted by Gasteiger charge is -2.30. The van der Waals surface area contributed by atoms with Crippen molar-refractivity contribution in [3.05, 3.63) is 65.9 Å². The average Bonchev–Trinajstić information content (AvgIpc) is 3.21. The van der Waals surface area contributed by atoms with E-state index in [1.54, 1.807) is 6.08 Å². The quantitative estimate of drug-likeness (QED) is 0.291. The number of fused-ring (bicyclic) bond motifs is 2. The Labute approximate surface area is 180 Å². The van der Waals surface area contributed by atoms with Gasteiger partial charge in [-0.1, -0.05) is 24.3 Å². The van der Waals surface area contributed by atoms with Crippen molar-refractivity contribution < 1.29 is 5.11 Å². The second-order valence-electron chi connectivity index (χ2n) is 7.41. The van der Waals surface area contributed by atoms with Crippen LogP contribution in [0, 0.1) is 0 Å². The van der Waals surface area contributed by atoms with Gasteiger partial charge in [-0.15, -0.1) is 0 Å². The number of aliphatic hydroxyl groups is 1. The number of nitrogens with two attached hydrogens (primary N) is 2. The van der Waals surface area contributed by atoms with Gasteiger partial charge < -0.3 is 27.2 Å². The maximum absolute atomic E-state index is 10.6. The van der Waals surface area contributed by atoms with E-state index in [0.29, 0.717) is 41.5 Å². The second-order valence-corrected chi connectivity index (χ2v) is 7.41. The molecular weight excluding hydrogens is 394 g/mol. The van der Waals surface area contributed by atoms with Gasteiger partial charge in [0.05, 0.1) is 11.8 Å². The van der Waals surface area contributed by atoms with Crippen molar-refractivity contribution >= 4 is 22.7 Å². The van der Waals surface area contributed by atoms with Crippen molar-refractivity contribution in [1.82, 2.24) is 25.1 Å². The fourth-order valence-electron chi connectivity index (χ4n) is 3.72. The van der Waals surface area contributed by atoms with Gasteiger partial charge in [-0.2, -0.15) is 5.10 Å². The van der Waals surface area contributed by atoms with Gasteiger partial charge in [0.1, 0.15) is 17.4 Å². The molecule has 10 heteroatoms. The number of benzene rings is 1. The smallest absolute Gasteiger partial charge is 0.174 e. The number of nitrogens with zero attached hydrogens (tertiary/aromatic N) is 4. The molecule has 1 aliphatic heterocycles. The van der Waals surface area contributed by atoms with Crippen molar-refractivity contribution in [2.75, 3.05) is 30.3 Å². The first-order chi connectivity index (χ1) is 15.2.